The van der Waals surface area contributed by atoms with Gasteiger partial charge in [0.05, 0.1) is 6.04 Å². The molecule has 1 atom stereocenters. The summed E-state index contributed by atoms with van der Waals surface area (Å²) in [5.41, 5.74) is 7.69. The second kappa shape index (κ2) is 8.48. The van der Waals surface area contributed by atoms with Crippen molar-refractivity contribution < 1.29 is 9.18 Å². The monoisotopic (exact) mass is 383 g/mol. The molecule has 3 aromatic rings. The summed E-state index contributed by atoms with van der Waals surface area (Å²) in [5.74, 6) is 0.438. The molecule has 0 unspecified atom stereocenters. The molecule has 0 fully saturated rings. The number of fused-ring (bicyclic) bond motifs is 1. The van der Waals surface area contributed by atoms with Gasteiger partial charge in [0.15, 0.2) is 11.5 Å². The normalized spacial score (nSPS) is 12.9. The summed E-state index contributed by atoms with van der Waals surface area (Å²) >= 11 is 0. The van der Waals surface area contributed by atoms with Crippen LogP contribution in [0.3, 0.4) is 0 Å². The van der Waals surface area contributed by atoms with Crippen LogP contribution in [-0.2, 0) is 17.9 Å². The first-order valence-corrected chi connectivity index (χ1v) is 9.37. The first kappa shape index (κ1) is 19.9. The van der Waals surface area contributed by atoms with Gasteiger partial charge in [-0.3, -0.25) is 9.20 Å². The van der Waals surface area contributed by atoms with E-state index in [1.165, 1.54) is 5.56 Å². The molecule has 0 radical (unpaired) electrons. The smallest absolute Gasteiger partial charge is 0.222 e. The third-order valence-electron chi connectivity index (χ3n) is 4.47. The van der Waals surface area contributed by atoms with Crippen LogP contribution in [-0.4, -0.2) is 26.0 Å². The van der Waals surface area contributed by atoms with Crippen LogP contribution < -0.4 is 11.1 Å². The minimum absolute atomic E-state index is 0.149. The van der Waals surface area contributed by atoms with Gasteiger partial charge in [-0.1, -0.05) is 36.4 Å². The molecular formula is C21H26FN5O. The van der Waals surface area contributed by atoms with Crippen molar-refractivity contribution in [2.45, 2.75) is 51.4 Å². The largest absolute Gasteiger partial charge is 0.346 e. The number of alkyl halides is 1. The topological polar surface area (TPSA) is 85.3 Å². The van der Waals surface area contributed by atoms with Crippen molar-refractivity contribution in [3.63, 3.8) is 0 Å². The number of nitrogens with one attached hydrogen (secondary N) is 1. The lowest BCUT2D eigenvalue weighted by Crippen LogP contribution is -2.40. The number of aryl methyl sites for hydroxylation is 1. The molecule has 7 heteroatoms. The van der Waals surface area contributed by atoms with Crippen LogP contribution in [0.5, 0.6) is 0 Å². The van der Waals surface area contributed by atoms with Crippen molar-refractivity contribution in [1.82, 2.24) is 19.9 Å². The predicted octanol–water partition coefficient (Wildman–Crippen LogP) is 3.12. The fourth-order valence-electron chi connectivity index (χ4n) is 3.15. The van der Waals surface area contributed by atoms with Crippen LogP contribution in [0, 0.1) is 0 Å². The summed E-state index contributed by atoms with van der Waals surface area (Å²) in [6.07, 6.45) is 3.28. The summed E-state index contributed by atoms with van der Waals surface area (Å²) in [6, 6.07) is 13.1. The highest BCUT2D eigenvalue weighted by Gasteiger charge is 2.23. The number of aromatic nitrogens is 3. The van der Waals surface area contributed by atoms with Gasteiger partial charge in [0.1, 0.15) is 6.67 Å². The first-order chi connectivity index (χ1) is 13.4. The average Bonchev–Trinajstić information content (AvgIpc) is 3.07. The van der Waals surface area contributed by atoms with E-state index in [9.17, 15) is 9.18 Å². The molecule has 0 bridgehead atoms. The van der Waals surface area contributed by atoms with Crippen LogP contribution in [0.15, 0.2) is 48.7 Å². The fraction of sp³-hybridized carbons (Fsp3) is 0.381. The van der Waals surface area contributed by atoms with Crippen LogP contribution in [0.4, 0.5) is 4.39 Å². The van der Waals surface area contributed by atoms with Gasteiger partial charge in [0.25, 0.3) is 0 Å². The molecule has 3 rings (SSSR count). The van der Waals surface area contributed by atoms with Gasteiger partial charge >= 0.3 is 0 Å². The number of hydrogen-bond acceptors (Lipinski definition) is 4. The van der Waals surface area contributed by atoms with E-state index in [0.29, 0.717) is 23.5 Å². The molecule has 148 valence electrons. The third-order valence-corrected chi connectivity index (χ3v) is 4.47. The first-order valence-electron chi connectivity index (χ1n) is 9.37. The van der Waals surface area contributed by atoms with E-state index >= 15 is 0 Å². The van der Waals surface area contributed by atoms with E-state index in [2.05, 4.69) is 15.5 Å². The molecule has 0 aliphatic carbocycles. The quantitative estimate of drug-likeness (QED) is 0.626. The van der Waals surface area contributed by atoms with E-state index in [0.717, 1.165) is 6.42 Å². The van der Waals surface area contributed by atoms with Crippen LogP contribution in [0.25, 0.3) is 5.65 Å². The second-order valence-electron chi connectivity index (χ2n) is 7.77. The Morgan fingerprint density at radius 2 is 1.93 bits per heavy atom. The fourth-order valence-corrected chi connectivity index (χ4v) is 3.15. The molecule has 0 aliphatic rings. The highest BCUT2D eigenvalue weighted by Crippen LogP contribution is 2.20. The highest BCUT2D eigenvalue weighted by atomic mass is 19.1. The highest BCUT2D eigenvalue weighted by molar-refractivity contribution is 5.77. The zero-order valence-electron chi connectivity index (χ0n) is 16.2. The van der Waals surface area contributed by atoms with Gasteiger partial charge in [0, 0.05) is 18.2 Å². The lowest BCUT2D eigenvalue weighted by atomic mass is 10.0. The Morgan fingerprint density at radius 1 is 1.18 bits per heavy atom. The van der Waals surface area contributed by atoms with E-state index in [1.54, 1.807) is 22.7 Å². The van der Waals surface area contributed by atoms with Crippen molar-refractivity contribution >= 4 is 11.6 Å². The van der Waals surface area contributed by atoms with Gasteiger partial charge in [-0.15, -0.1) is 10.2 Å². The zero-order valence-corrected chi connectivity index (χ0v) is 16.2. The number of hydrogen-bond donors (Lipinski definition) is 2. The molecule has 1 aromatic carbocycles. The Morgan fingerprint density at radius 3 is 2.61 bits per heavy atom. The Balaban J connectivity index is 1.87. The molecule has 0 aliphatic heterocycles. The number of carbonyl (C=O) groups is 1. The molecule has 2 aromatic heterocycles. The average molecular weight is 383 g/mol. The SMILES string of the molecule is CC(C)(N)CC(=O)N[C@H](CCc1ccccc1)c1nnc2ccc(CF)cn12. The third kappa shape index (κ3) is 5.13. The number of nitrogens with two attached hydrogens (primary N) is 1. The van der Waals surface area contributed by atoms with Crippen molar-refractivity contribution in [3.05, 3.63) is 65.6 Å². The number of carbonyl (C=O) groups excluding carboxylic acids is 1. The van der Waals surface area contributed by atoms with Gasteiger partial charge in [0.2, 0.25) is 5.91 Å². The molecule has 3 N–H and O–H groups in total. The van der Waals surface area contributed by atoms with Crippen molar-refractivity contribution in [3.8, 4) is 0 Å². The molecule has 1 amide bonds. The van der Waals surface area contributed by atoms with Crippen molar-refractivity contribution in [2.24, 2.45) is 5.73 Å². The minimum Gasteiger partial charge on any atom is -0.346 e. The number of amides is 1. The van der Waals surface area contributed by atoms with Crippen LogP contribution >= 0.6 is 0 Å². The van der Waals surface area contributed by atoms with Crippen LogP contribution in [0.1, 0.15) is 49.7 Å². The summed E-state index contributed by atoms with van der Waals surface area (Å²) in [4.78, 5) is 12.5. The Kier molecular flexibility index (Phi) is 6.04. The molecule has 6 nitrogen and oxygen atoms in total. The number of pyridine rings is 1. The van der Waals surface area contributed by atoms with Crippen molar-refractivity contribution in [1.29, 1.82) is 0 Å². The second-order valence-corrected chi connectivity index (χ2v) is 7.77. The summed E-state index contributed by atoms with van der Waals surface area (Å²) in [5, 5.41) is 11.5. The minimum atomic E-state index is -0.609. The molecule has 0 spiro atoms. The van der Waals surface area contributed by atoms with E-state index in [4.69, 9.17) is 5.73 Å². The van der Waals surface area contributed by atoms with Gasteiger partial charge in [-0.25, -0.2) is 4.39 Å². The van der Waals surface area contributed by atoms with Gasteiger partial charge in [-0.05, 0) is 43.9 Å². The maximum atomic E-state index is 13.1. The summed E-state index contributed by atoms with van der Waals surface area (Å²) in [6.45, 7) is 3.05. The molecular weight excluding hydrogens is 357 g/mol. The number of nitrogens with zero attached hydrogens (tertiary/aromatic N) is 3. The number of halogens is 1. The Labute approximate surface area is 164 Å². The number of benzene rings is 1. The number of rotatable bonds is 8. The molecule has 28 heavy (non-hydrogen) atoms. The molecule has 0 saturated heterocycles. The van der Waals surface area contributed by atoms with Gasteiger partial charge < -0.3 is 11.1 Å². The standard InChI is InChI=1S/C21H26FN5O/c1-21(2,23)12-19(28)24-17(10-8-15-6-4-3-5-7-15)20-26-25-18-11-9-16(13-22)14-27(18)20/h3-7,9,11,14,17H,8,10,12-13,23H2,1-2H3,(H,24,28)/t17-/m1/s1. The van der Waals surface area contributed by atoms with Gasteiger partial charge in [-0.2, -0.15) is 0 Å². The Hall–Kier alpha value is -2.80. The molecule has 2 heterocycles. The lowest BCUT2D eigenvalue weighted by Gasteiger charge is -2.22. The zero-order chi connectivity index (χ0) is 20.1. The van der Waals surface area contributed by atoms with Crippen LogP contribution in [0.2, 0.25) is 0 Å². The summed E-state index contributed by atoms with van der Waals surface area (Å²) in [7, 11) is 0. The van der Waals surface area contributed by atoms with Crippen molar-refractivity contribution in [2.75, 3.05) is 0 Å². The maximum Gasteiger partial charge on any atom is 0.222 e. The lowest BCUT2D eigenvalue weighted by molar-refractivity contribution is -0.122. The molecule has 0 saturated carbocycles. The van der Waals surface area contributed by atoms with E-state index in [-0.39, 0.29) is 18.4 Å². The maximum absolute atomic E-state index is 13.1. The van der Waals surface area contributed by atoms with E-state index in [1.807, 2.05) is 44.2 Å². The summed E-state index contributed by atoms with van der Waals surface area (Å²) < 4.78 is 14.9. The predicted molar refractivity (Wildman–Crippen MR) is 106 cm³/mol. The Bertz CT molecular complexity index is 933. The van der Waals surface area contributed by atoms with E-state index < -0.39 is 12.2 Å².